The highest BCUT2D eigenvalue weighted by atomic mass is 19.1. The van der Waals surface area contributed by atoms with E-state index in [-0.39, 0.29) is 5.91 Å². The Balaban J connectivity index is 2.34. The van der Waals surface area contributed by atoms with Gasteiger partial charge in [0.05, 0.1) is 11.7 Å². The van der Waals surface area contributed by atoms with Crippen molar-refractivity contribution < 1.29 is 9.18 Å². The topological polar surface area (TPSA) is 46.3 Å². The van der Waals surface area contributed by atoms with Crippen LogP contribution in [0, 0.1) is 5.82 Å². The van der Waals surface area contributed by atoms with Crippen molar-refractivity contribution in [1.82, 2.24) is 0 Å². The molecule has 0 spiro atoms. The average Bonchev–Trinajstić information content (AvgIpc) is 2.60. The van der Waals surface area contributed by atoms with E-state index in [1.54, 1.807) is 12.1 Å². The number of nitrogens with zero attached hydrogens (tertiary/aromatic N) is 1. The first-order valence-corrected chi connectivity index (χ1v) is 5.53. The van der Waals surface area contributed by atoms with Crippen molar-refractivity contribution in [3.05, 3.63) is 36.2 Å². The number of halogens is 1. The van der Waals surface area contributed by atoms with Gasteiger partial charge < -0.3 is 10.6 Å². The molecule has 0 aliphatic carbocycles. The maximum absolute atomic E-state index is 13.9. The fraction of sp³-hybridized carbons (Fsp3) is 0.308. The Morgan fingerprint density at radius 2 is 2.29 bits per heavy atom. The summed E-state index contributed by atoms with van der Waals surface area (Å²) in [6.45, 7) is 6.04. The van der Waals surface area contributed by atoms with Crippen LogP contribution in [0.25, 0.3) is 5.57 Å². The molecule has 1 saturated heterocycles. The molecule has 0 unspecified atom stereocenters. The Bertz CT molecular complexity index is 484. The molecule has 0 radical (unpaired) electrons. The molecule has 90 valence electrons. The van der Waals surface area contributed by atoms with Gasteiger partial charge in [0.25, 0.3) is 0 Å². The van der Waals surface area contributed by atoms with Gasteiger partial charge in [0.2, 0.25) is 5.91 Å². The molecule has 1 amide bonds. The van der Waals surface area contributed by atoms with Crippen molar-refractivity contribution in [2.45, 2.75) is 19.4 Å². The Labute approximate surface area is 99.7 Å². The standard InChI is InChI=1S/C13H15FN2O/c1-8(2)9-3-4-12(10(14)7-9)16-6-5-11(15)13(16)17/h3-4,7,11H,1,5-6,15H2,2H3/t11-/m0/s1. The lowest BCUT2D eigenvalue weighted by molar-refractivity contribution is -0.118. The van der Waals surface area contributed by atoms with Crippen LogP contribution in [0.4, 0.5) is 10.1 Å². The molecule has 1 aromatic rings. The first kappa shape index (κ1) is 11.8. The molecular formula is C13H15FN2O. The number of anilines is 1. The number of amides is 1. The van der Waals surface area contributed by atoms with Gasteiger partial charge in [0.15, 0.2) is 0 Å². The van der Waals surface area contributed by atoms with Gasteiger partial charge in [0.1, 0.15) is 5.82 Å². The number of allylic oxidation sites excluding steroid dienone is 1. The highest BCUT2D eigenvalue weighted by molar-refractivity contribution is 5.99. The van der Waals surface area contributed by atoms with E-state index in [2.05, 4.69) is 6.58 Å². The van der Waals surface area contributed by atoms with E-state index >= 15 is 0 Å². The lowest BCUT2D eigenvalue weighted by Crippen LogP contribution is -2.34. The SMILES string of the molecule is C=C(C)c1ccc(N2CC[C@H](N)C2=O)c(F)c1. The predicted octanol–water partition coefficient (Wildman–Crippen LogP) is 1.92. The molecule has 1 aliphatic heterocycles. The van der Waals surface area contributed by atoms with Gasteiger partial charge in [-0.1, -0.05) is 18.2 Å². The summed E-state index contributed by atoms with van der Waals surface area (Å²) >= 11 is 0. The van der Waals surface area contributed by atoms with E-state index in [9.17, 15) is 9.18 Å². The van der Waals surface area contributed by atoms with Gasteiger partial charge in [-0.2, -0.15) is 0 Å². The molecule has 0 bridgehead atoms. The van der Waals surface area contributed by atoms with Gasteiger partial charge in [0, 0.05) is 6.54 Å². The summed E-state index contributed by atoms with van der Waals surface area (Å²) in [4.78, 5) is 13.1. The third kappa shape index (κ3) is 2.08. The van der Waals surface area contributed by atoms with E-state index in [1.165, 1.54) is 11.0 Å². The van der Waals surface area contributed by atoms with E-state index in [0.29, 0.717) is 18.7 Å². The van der Waals surface area contributed by atoms with Crippen molar-refractivity contribution in [3.63, 3.8) is 0 Å². The van der Waals surface area contributed by atoms with Crippen LogP contribution < -0.4 is 10.6 Å². The average molecular weight is 234 g/mol. The van der Waals surface area contributed by atoms with Crippen LogP contribution >= 0.6 is 0 Å². The minimum Gasteiger partial charge on any atom is -0.320 e. The van der Waals surface area contributed by atoms with E-state index in [4.69, 9.17) is 5.73 Å². The maximum atomic E-state index is 13.9. The molecular weight excluding hydrogens is 219 g/mol. The van der Waals surface area contributed by atoms with Crippen LogP contribution in [0.15, 0.2) is 24.8 Å². The van der Waals surface area contributed by atoms with Gasteiger partial charge >= 0.3 is 0 Å². The Morgan fingerprint density at radius 3 is 2.76 bits per heavy atom. The third-order valence-corrected chi connectivity index (χ3v) is 2.98. The first-order valence-electron chi connectivity index (χ1n) is 5.53. The molecule has 17 heavy (non-hydrogen) atoms. The van der Waals surface area contributed by atoms with Crippen LogP contribution in [0.1, 0.15) is 18.9 Å². The van der Waals surface area contributed by atoms with Crippen molar-refractivity contribution in [2.75, 3.05) is 11.4 Å². The van der Waals surface area contributed by atoms with Crippen molar-refractivity contribution in [1.29, 1.82) is 0 Å². The number of carbonyl (C=O) groups excluding carboxylic acids is 1. The maximum Gasteiger partial charge on any atom is 0.244 e. The summed E-state index contributed by atoms with van der Waals surface area (Å²) in [5.41, 5.74) is 7.44. The monoisotopic (exact) mass is 234 g/mol. The number of rotatable bonds is 2. The molecule has 1 aromatic carbocycles. The molecule has 4 heteroatoms. The summed E-state index contributed by atoms with van der Waals surface area (Å²) in [5.74, 6) is -0.625. The smallest absolute Gasteiger partial charge is 0.244 e. The minimum absolute atomic E-state index is 0.216. The molecule has 1 aliphatic rings. The second-order valence-corrected chi connectivity index (χ2v) is 4.33. The lowest BCUT2D eigenvalue weighted by Gasteiger charge is -2.17. The normalized spacial score (nSPS) is 19.8. The first-order chi connectivity index (χ1) is 8.00. The molecule has 2 N–H and O–H groups in total. The third-order valence-electron chi connectivity index (χ3n) is 2.98. The minimum atomic E-state index is -0.504. The largest absolute Gasteiger partial charge is 0.320 e. The van der Waals surface area contributed by atoms with Crippen LogP contribution in [0.3, 0.4) is 0 Å². The van der Waals surface area contributed by atoms with Crippen molar-refractivity contribution >= 4 is 17.2 Å². The number of nitrogens with two attached hydrogens (primary N) is 1. The number of hydrogen-bond acceptors (Lipinski definition) is 2. The van der Waals surface area contributed by atoms with Crippen LogP contribution in [-0.2, 0) is 4.79 Å². The molecule has 0 aromatic heterocycles. The van der Waals surface area contributed by atoms with E-state index < -0.39 is 11.9 Å². The Kier molecular flexibility index (Phi) is 2.98. The van der Waals surface area contributed by atoms with Crippen molar-refractivity contribution in [3.8, 4) is 0 Å². The van der Waals surface area contributed by atoms with Crippen molar-refractivity contribution in [2.24, 2.45) is 5.73 Å². The summed E-state index contributed by atoms with van der Waals surface area (Å²) in [6.07, 6.45) is 0.570. The summed E-state index contributed by atoms with van der Waals surface area (Å²) in [6, 6.07) is 4.26. The Morgan fingerprint density at radius 1 is 1.59 bits per heavy atom. The molecule has 1 fully saturated rings. The molecule has 1 heterocycles. The van der Waals surface area contributed by atoms with Gasteiger partial charge in [-0.05, 0) is 31.0 Å². The molecule has 2 rings (SSSR count). The van der Waals surface area contributed by atoms with Crippen LogP contribution in [-0.4, -0.2) is 18.5 Å². The second kappa shape index (κ2) is 4.30. The summed E-state index contributed by atoms with van der Waals surface area (Å²) in [5, 5.41) is 0. The molecule has 1 atom stereocenters. The lowest BCUT2D eigenvalue weighted by atomic mass is 10.1. The molecule has 3 nitrogen and oxygen atoms in total. The van der Waals surface area contributed by atoms with Gasteiger partial charge in [-0.3, -0.25) is 4.79 Å². The number of hydrogen-bond donors (Lipinski definition) is 1. The summed E-state index contributed by atoms with van der Waals surface area (Å²) in [7, 11) is 0. The fourth-order valence-corrected chi connectivity index (χ4v) is 1.93. The Hall–Kier alpha value is -1.68. The number of benzene rings is 1. The zero-order chi connectivity index (χ0) is 12.6. The predicted molar refractivity (Wildman–Crippen MR) is 66.1 cm³/mol. The zero-order valence-corrected chi connectivity index (χ0v) is 9.74. The van der Waals surface area contributed by atoms with Gasteiger partial charge in [-0.15, -0.1) is 0 Å². The van der Waals surface area contributed by atoms with Gasteiger partial charge in [-0.25, -0.2) is 4.39 Å². The highest BCUT2D eigenvalue weighted by Gasteiger charge is 2.31. The van der Waals surface area contributed by atoms with Crippen LogP contribution in [0.2, 0.25) is 0 Å². The second-order valence-electron chi connectivity index (χ2n) is 4.33. The van der Waals surface area contributed by atoms with E-state index in [1.807, 2.05) is 6.92 Å². The quantitative estimate of drug-likeness (QED) is 0.849. The highest BCUT2D eigenvalue weighted by Crippen LogP contribution is 2.26. The fourth-order valence-electron chi connectivity index (χ4n) is 1.93. The number of carbonyl (C=O) groups is 1. The van der Waals surface area contributed by atoms with Crippen LogP contribution in [0.5, 0.6) is 0 Å². The van der Waals surface area contributed by atoms with E-state index in [0.717, 1.165) is 11.1 Å². The zero-order valence-electron chi connectivity index (χ0n) is 9.74. The summed E-state index contributed by atoms with van der Waals surface area (Å²) < 4.78 is 13.9. The molecule has 0 saturated carbocycles.